The maximum absolute atomic E-state index is 12.7. The van der Waals surface area contributed by atoms with E-state index in [-0.39, 0.29) is 18.6 Å². The minimum Gasteiger partial charge on any atom is -0.375 e. The molecule has 0 aromatic heterocycles. The van der Waals surface area contributed by atoms with Crippen LogP contribution in [0.4, 0.5) is 0 Å². The molecule has 0 aliphatic carbocycles. The molecule has 8 heteroatoms. The summed E-state index contributed by atoms with van der Waals surface area (Å²) < 4.78 is 23.6. The van der Waals surface area contributed by atoms with Crippen LogP contribution in [0, 0.1) is 0 Å². The molecule has 3 aromatic rings. The van der Waals surface area contributed by atoms with Gasteiger partial charge in [0.25, 0.3) is 0 Å². The molecular weight excluding hydrogens is 525 g/mol. The average molecular weight is 559 g/mol. The fourth-order valence-corrected chi connectivity index (χ4v) is 5.09. The fraction of sp³-hybridized carbons (Fsp3) is 0.367. The number of carbonyl (C=O) groups excluding carboxylic acids is 1. The highest BCUT2D eigenvalue weighted by Crippen LogP contribution is 2.30. The normalized spacial score (nSPS) is 18.2. The fourth-order valence-electron chi connectivity index (χ4n) is 4.56. The van der Waals surface area contributed by atoms with Crippen LogP contribution in [0.3, 0.4) is 0 Å². The van der Waals surface area contributed by atoms with Crippen molar-refractivity contribution in [3.8, 4) is 11.1 Å². The predicted octanol–water partition coefficient (Wildman–Crippen LogP) is 6.07. The van der Waals surface area contributed by atoms with Crippen molar-refractivity contribution in [1.82, 2.24) is 5.32 Å². The first kappa shape index (κ1) is 28.6. The Kier molecular flexibility index (Phi) is 9.82. The second-order valence-corrected chi connectivity index (χ2v) is 10.7. The molecule has 3 unspecified atom stereocenters. The molecule has 1 amide bonds. The lowest BCUT2D eigenvalue weighted by Crippen LogP contribution is -2.52. The Morgan fingerprint density at radius 1 is 1.00 bits per heavy atom. The molecule has 4 rings (SSSR count). The van der Waals surface area contributed by atoms with E-state index >= 15 is 0 Å². The number of hydrogen-bond acceptors (Lipinski definition) is 5. The third-order valence-corrected chi connectivity index (χ3v) is 6.74. The van der Waals surface area contributed by atoms with Gasteiger partial charge < -0.3 is 24.3 Å². The Bertz CT molecular complexity index is 1180. The highest BCUT2D eigenvalue weighted by molar-refractivity contribution is 6.35. The third kappa shape index (κ3) is 8.03. The zero-order chi connectivity index (χ0) is 27.1. The largest absolute Gasteiger partial charge is 0.375 e. The first-order chi connectivity index (χ1) is 18.2. The minimum absolute atomic E-state index is 0.0517. The van der Waals surface area contributed by atoms with Gasteiger partial charge in [-0.2, -0.15) is 0 Å². The van der Waals surface area contributed by atoms with E-state index in [1.54, 1.807) is 6.07 Å². The molecule has 1 aliphatic heterocycles. The number of nitrogens with one attached hydrogen (secondary N) is 1. The zero-order valence-electron chi connectivity index (χ0n) is 21.8. The van der Waals surface area contributed by atoms with E-state index in [0.29, 0.717) is 29.7 Å². The number of carbonyl (C=O) groups is 1. The van der Waals surface area contributed by atoms with Crippen LogP contribution in [0.25, 0.3) is 11.1 Å². The molecule has 0 spiro atoms. The molecule has 0 radical (unpaired) electrons. The van der Waals surface area contributed by atoms with Crippen LogP contribution < -0.4 is 5.32 Å². The van der Waals surface area contributed by atoms with Gasteiger partial charge in [0.2, 0.25) is 5.91 Å². The summed E-state index contributed by atoms with van der Waals surface area (Å²) in [5, 5.41) is 4.27. The van der Waals surface area contributed by atoms with Gasteiger partial charge >= 0.3 is 0 Å². The molecule has 0 saturated carbocycles. The van der Waals surface area contributed by atoms with Crippen LogP contribution in [0.15, 0.2) is 72.8 Å². The van der Waals surface area contributed by atoms with Crippen LogP contribution in [0.5, 0.6) is 0 Å². The highest BCUT2D eigenvalue weighted by Gasteiger charge is 2.41. The lowest BCUT2D eigenvalue weighted by Gasteiger charge is -2.32. The molecule has 1 aliphatic rings. The SMILES string of the molecule is COCC(=O)NC(Cc1ccc(-c2cc(Cl)cc(Cl)c2)cc1)C(OCc1ccccc1)C1COC(C)(C)O1. The maximum Gasteiger partial charge on any atom is 0.246 e. The van der Waals surface area contributed by atoms with Crippen LogP contribution in [0.2, 0.25) is 10.0 Å². The lowest BCUT2D eigenvalue weighted by atomic mass is 9.95. The molecule has 1 N–H and O–H groups in total. The average Bonchev–Trinajstić information content (AvgIpc) is 3.24. The standard InChI is InChI=1S/C30H33Cl2NO5/c1-30(2)37-18-27(38-30)29(36-17-21-7-5-4-6-8-21)26(33-28(34)19-35-3)13-20-9-11-22(12-10-20)23-14-24(31)16-25(32)15-23/h4-12,14-16,26-27,29H,13,17-19H2,1-3H3,(H,33,34). The lowest BCUT2D eigenvalue weighted by molar-refractivity contribution is -0.162. The van der Waals surface area contributed by atoms with Crippen molar-refractivity contribution < 1.29 is 23.7 Å². The Labute approximate surface area is 234 Å². The number of ether oxygens (including phenoxy) is 4. The van der Waals surface area contributed by atoms with E-state index in [4.69, 9.17) is 42.1 Å². The molecule has 202 valence electrons. The quantitative estimate of drug-likeness (QED) is 0.310. The van der Waals surface area contributed by atoms with E-state index in [9.17, 15) is 4.79 Å². The van der Waals surface area contributed by atoms with Gasteiger partial charge in [-0.3, -0.25) is 4.79 Å². The Balaban J connectivity index is 1.58. The van der Waals surface area contributed by atoms with E-state index in [1.807, 2.05) is 80.6 Å². The summed E-state index contributed by atoms with van der Waals surface area (Å²) in [6.07, 6.45) is -0.315. The van der Waals surface area contributed by atoms with Gasteiger partial charge in [-0.25, -0.2) is 0 Å². The number of hydrogen-bond donors (Lipinski definition) is 1. The zero-order valence-corrected chi connectivity index (χ0v) is 23.3. The molecule has 3 aromatic carbocycles. The molecule has 1 fully saturated rings. The number of halogens is 2. The molecular formula is C30H33Cl2NO5. The number of benzene rings is 3. The van der Waals surface area contributed by atoms with Gasteiger partial charge in [0.05, 0.1) is 19.3 Å². The van der Waals surface area contributed by atoms with Gasteiger partial charge in [0, 0.05) is 17.2 Å². The molecule has 1 heterocycles. The molecule has 3 atom stereocenters. The Morgan fingerprint density at radius 3 is 2.29 bits per heavy atom. The summed E-state index contributed by atoms with van der Waals surface area (Å²) in [4.78, 5) is 12.7. The van der Waals surface area contributed by atoms with Crippen molar-refractivity contribution in [3.05, 3.63) is 94.0 Å². The summed E-state index contributed by atoms with van der Waals surface area (Å²) in [5.74, 6) is -0.964. The molecule has 38 heavy (non-hydrogen) atoms. The summed E-state index contributed by atoms with van der Waals surface area (Å²) in [5.41, 5.74) is 3.98. The van der Waals surface area contributed by atoms with Gasteiger partial charge in [-0.1, -0.05) is 77.8 Å². The van der Waals surface area contributed by atoms with Gasteiger partial charge in [-0.05, 0) is 60.7 Å². The smallest absolute Gasteiger partial charge is 0.246 e. The second kappa shape index (κ2) is 13.1. The molecule has 1 saturated heterocycles. The summed E-state index contributed by atoms with van der Waals surface area (Å²) in [6, 6.07) is 23.1. The van der Waals surface area contributed by atoms with Crippen LogP contribution in [-0.4, -0.2) is 50.3 Å². The van der Waals surface area contributed by atoms with E-state index in [0.717, 1.165) is 22.3 Å². The van der Waals surface area contributed by atoms with Crippen molar-refractivity contribution in [3.63, 3.8) is 0 Å². The summed E-state index contributed by atoms with van der Waals surface area (Å²) in [7, 11) is 1.50. The van der Waals surface area contributed by atoms with E-state index < -0.39 is 17.9 Å². The summed E-state index contributed by atoms with van der Waals surface area (Å²) in [6.45, 7) is 4.43. The molecule has 6 nitrogen and oxygen atoms in total. The minimum atomic E-state index is -0.736. The van der Waals surface area contributed by atoms with E-state index in [1.165, 1.54) is 7.11 Å². The monoisotopic (exact) mass is 557 g/mol. The van der Waals surface area contributed by atoms with Crippen molar-refractivity contribution in [1.29, 1.82) is 0 Å². The van der Waals surface area contributed by atoms with Crippen molar-refractivity contribution in [2.45, 2.75) is 50.9 Å². The topological polar surface area (TPSA) is 66.0 Å². The van der Waals surface area contributed by atoms with Gasteiger partial charge in [0.15, 0.2) is 5.79 Å². The highest BCUT2D eigenvalue weighted by atomic mass is 35.5. The van der Waals surface area contributed by atoms with Crippen molar-refractivity contribution >= 4 is 29.1 Å². The van der Waals surface area contributed by atoms with Gasteiger partial charge in [-0.15, -0.1) is 0 Å². The number of amides is 1. The third-order valence-electron chi connectivity index (χ3n) is 6.31. The predicted molar refractivity (Wildman–Crippen MR) is 149 cm³/mol. The van der Waals surface area contributed by atoms with E-state index in [2.05, 4.69) is 5.32 Å². The first-order valence-corrected chi connectivity index (χ1v) is 13.3. The molecule has 0 bridgehead atoms. The van der Waals surface area contributed by atoms with Gasteiger partial charge in [0.1, 0.15) is 18.8 Å². The first-order valence-electron chi connectivity index (χ1n) is 12.5. The van der Waals surface area contributed by atoms with Crippen LogP contribution in [-0.2, 0) is 36.8 Å². The van der Waals surface area contributed by atoms with Crippen LogP contribution in [0.1, 0.15) is 25.0 Å². The summed E-state index contributed by atoms with van der Waals surface area (Å²) >= 11 is 12.4. The Morgan fingerprint density at radius 2 is 1.68 bits per heavy atom. The maximum atomic E-state index is 12.7. The number of rotatable bonds is 11. The number of methoxy groups -OCH3 is 1. The van der Waals surface area contributed by atoms with Crippen molar-refractivity contribution in [2.75, 3.05) is 20.3 Å². The van der Waals surface area contributed by atoms with Crippen LogP contribution >= 0.6 is 23.2 Å². The second-order valence-electron chi connectivity index (χ2n) is 9.79. The Hall–Kier alpha value is -2.45. The van der Waals surface area contributed by atoms with Crippen molar-refractivity contribution in [2.24, 2.45) is 0 Å².